The fourth-order valence-electron chi connectivity index (χ4n) is 1.97. The Bertz CT molecular complexity index is 393. The van der Waals surface area contributed by atoms with Gasteiger partial charge in [-0.25, -0.2) is 0 Å². The van der Waals surface area contributed by atoms with Crippen LogP contribution in [0.1, 0.15) is 11.1 Å². The number of hydrogen-bond acceptors (Lipinski definition) is 3. The van der Waals surface area contributed by atoms with Gasteiger partial charge in [0.2, 0.25) is 0 Å². The highest BCUT2D eigenvalue weighted by Crippen LogP contribution is 2.42. The number of methoxy groups -OCH3 is 2. The SMILES string of the molecule is COc1cc2c(c(Cl)c1OC)CN(C)C2. The maximum Gasteiger partial charge on any atom is 0.179 e. The van der Waals surface area contributed by atoms with Crippen LogP contribution in [0.5, 0.6) is 11.5 Å². The molecule has 0 aromatic heterocycles. The van der Waals surface area contributed by atoms with E-state index in [1.54, 1.807) is 14.2 Å². The van der Waals surface area contributed by atoms with Crippen LogP contribution >= 0.6 is 11.6 Å². The molecule has 1 aromatic carbocycles. The molecule has 0 fully saturated rings. The third-order valence-corrected chi connectivity index (χ3v) is 3.07. The summed E-state index contributed by atoms with van der Waals surface area (Å²) in [4.78, 5) is 2.20. The fraction of sp³-hybridized carbons (Fsp3) is 0.455. The van der Waals surface area contributed by atoms with Gasteiger partial charge in [-0.2, -0.15) is 0 Å². The predicted molar refractivity (Wildman–Crippen MR) is 59.7 cm³/mol. The van der Waals surface area contributed by atoms with E-state index in [-0.39, 0.29) is 0 Å². The van der Waals surface area contributed by atoms with Crippen LogP contribution in [-0.4, -0.2) is 26.2 Å². The van der Waals surface area contributed by atoms with Gasteiger partial charge in [0.25, 0.3) is 0 Å². The molecule has 1 heterocycles. The summed E-state index contributed by atoms with van der Waals surface area (Å²) in [6.07, 6.45) is 0. The van der Waals surface area contributed by atoms with Gasteiger partial charge < -0.3 is 9.47 Å². The number of hydrogen-bond donors (Lipinski definition) is 0. The van der Waals surface area contributed by atoms with Crippen molar-refractivity contribution in [2.45, 2.75) is 13.1 Å². The third-order valence-electron chi connectivity index (χ3n) is 2.67. The first-order valence-electron chi connectivity index (χ1n) is 4.78. The maximum absolute atomic E-state index is 6.27. The number of halogens is 1. The summed E-state index contributed by atoms with van der Waals surface area (Å²) in [5.74, 6) is 1.34. The van der Waals surface area contributed by atoms with Crippen LogP contribution in [0.3, 0.4) is 0 Å². The van der Waals surface area contributed by atoms with E-state index in [0.29, 0.717) is 16.5 Å². The minimum atomic E-state index is 0.633. The Morgan fingerprint density at radius 3 is 2.60 bits per heavy atom. The Balaban J connectivity index is 2.56. The van der Waals surface area contributed by atoms with Gasteiger partial charge in [0.05, 0.1) is 19.2 Å². The van der Waals surface area contributed by atoms with E-state index < -0.39 is 0 Å². The third kappa shape index (κ3) is 1.66. The number of nitrogens with zero attached hydrogens (tertiary/aromatic N) is 1. The smallest absolute Gasteiger partial charge is 0.179 e. The van der Waals surface area contributed by atoms with Crippen molar-refractivity contribution in [1.29, 1.82) is 0 Å². The van der Waals surface area contributed by atoms with Crippen molar-refractivity contribution >= 4 is 11.6 Å². The molecule has 2 rings (SSSR count). The lowest BCUT2D eigenvalue weighted by Crippen LogP contribution is -2.07. The first-order valence-corrected chi connectivity index (χ1v) is 5.16. The summed E-state index contributed by atoms with van der Waals surface area (Å²) in [7, 11) is 5.29. The van der Waals surface area contributed by atoms with Crippen molar-refractivity contribution in [1.82, 2.24) is 4.90 Å². The van der Waals surface area contributed by atoms with Gasteiger partial charge >= 0.3 is 0 Å². The highest BCUT2D eigenvalue weighted by molar-refractivity contribution is 6.33. The zero-order valence-corrected chi connectivity index (χ0v) is 9.89. The van der Waals surface area contributed by atoms with E-state index in [0.717, 1.165) is 18.7 Å². The molecule has 0 spiro atoms. The number of rotatable bonds is 2. The van der Waals surface area contributed by atoms with Crippen LogP contribution in [0.25, 0.3) is 0 Å². The van der Waals surface area contributed by atoms with E-state index in [2.05, 4.69) is 11.9 Å². The van der Waals surface area contributed by atoms with Crippen molar-refractivity contribution in [3.05, 3.63) is 22.2 Å². The fourth-order valence-corrected chi connectivity index (χ4v) is 2.32. The summed E-state index contributed by atoms with van der Waals surface area (Å²) in [5, 5.41) is 0.677. The largest absolute Gasteiger partial charge is 0.493 e. The van der Waals surface area contributed by atoms with Gasteiger partial charge in [0.15, 0.2) is 11.5 Å². The first kappa shape index (κ1) is 10.6. The standard InChI is InChI=1S/C11H14ClNO2/c1-13-5-7-4-9(14-2)11(15-3)10(12)8(7)6-13/h4H,5-6H2,1-3H3. The van der Waals surface area contributed by atoms with Crippen molar-refractivity contribution < 1.29 is 9.47 Å². The lowest BCUT2D eigenvalue weighted by Gasteiger charge is -2.12. The van der Waals surface area contributed by atoms with Crippen LogP contribution in [-0.2, 0) is 13.1 Å². The summed E-state index contributed by atoms with van der Waals surface area (Å²) in [6, 6.07) is 2.00. The second-order valence-electron chi connectivity index (χ2n) is 3.74. The Labute approximate surface area is 94.5 Å². The van der Waals surface area contributed by atoms with Gasteiger partial charge in [-0.1, -0.05) is 11.6 Å². The molecule has 15 heavy (non-hydrogen) atoms. The van der Waals surface area contributed by atoms with Gasteiger partial charge in [-0.15, -0.1) is 0 Å². The molecule has 1 aliphatic heterocycles. The number of ether oxygens (including phenoxy) is 2. The van der Waals surface area contributed by atoms with Gasteiger partial charge in [0, 0.05) is 13.1 Å². The van der Waals surface area contributed by atoms with E-state index in [9.17, 15) is 0 Å². The molecule has 0 saturated heterocycles. The zero-order valence-electron chi connectivity index (χ0n) is 9.13. The summed E-state index contributed by atoms with van der Waals surface area (Å²) < 4.78 is 10.5. The van der Waals surface area contributed by atoms with Gasteiger partial charge in [-0.05, 0) is 24.2 Å². The minimum absolute atomic E-state index is 0.633. The van der Waals surface area contributed by atoms with Crippen LogP contribution in [0.4, 0.5) is 0 Å². The highest BCUT2D eigenvalue weighted by atomic mass is 35.5. The average molecular weight is 228 g/mol. The van der Waals surface area contributed by atoms with Crippen LogP contribution in [0.15, 0.2) is 6.07 Å². The van der Waals surface area contributed by atoms with Crippen LogP contribution in [0.2, 0.25) is 5.02 Å². The van der Waals surface area contributed by atoms with Crippen molar-refractivity contribution in [3.8, 4) is 11.5 Å². The minimum Gasteiger partial charge on any atom is -0.493 e. The van der Waals surface area contributed by atoms with Crippen molar-refractivity contribution in [3.63, 3.8) is 0 Å². The Kier molecular flexibility index (Phi) is 2.76. The molecular weight excluding hydrogens is 214 g/mol. The molecule has 0 unspecified atom stereocenters. The maximum atomic E-state index is 6.27. The van der Waals surface area contributed by atoms with E-state index >= 15 is 0 Å². The lowest BCUT2D eigenvalue weighted by molar-refractivity contribution is 0.353. The highest BCUT2D eigenvalue weighted by Gasteiger charge is 2.24. The molecule has 1 aromatic rings. The quantitative estimate of drug-likeness (QED) is 0.774. The second-order valence-corrected chi connectivity index (χ2v) is 4.11. The second kappa shape index (κ2) is 3.91. The molecule has 0 aliphatic carbocycles. The normalized spacial score (nSPS) is 15.2. The zero-order chi connectivity index (χ0) is 11.0. The molecule has 0 amide bonds. The monoisotopic (exact) mass is 227 g/mol. The summed E-state index contributed by atoms with van der Waals surface area (Å²) >= 11 is 6.27. The van der Waals surface area contributed by atoms with Crippen LogP contribution < -0.4 is 9.47 Å². The van der Waals surface area contributed by atoms with E-state index in [1.807, 2.05) is 6.07 Å². The molecule has 1 aliphatic rings. The Hall–Kier alpha value is -0.930. The lowest BCUT2D eigenvalue weighted by atomic mass is 10.1. The topological polar surface area (TPSA) is 21.7 Å². The molecule has 0 atom stereocenters. The Morgan fingerprint density at radius 2 is 2.00 bits per heavy atom. The molecule has 0 saturated carbocycles. The number of fused-ring (bicyclic) bond motifs is 1. The van der Waals surface area contributed by atoms with Crippen molar-refractivity contribution in [2.24, 2.45) is 0 Å². The van der Waals surface area contributed by atoms with E-state index in [1.165, 1.54) is 5.56 Å². The summed E-state index contributed by atoms with van der Waals surface area (Å²) in [6.45, 7) is 1.78. The molecule has 82 valence electrons. The summed E-state index contributed by atoms with van der Waals surface area (Å²) in [5.41, 5.74) is 2.37. The van der Waals surface area contributed by atoms with Gasteiger partial charge in [0.1, 0.15) is 0 Å². The van der Waals surface area contributed by atoms with E-state index in [4.69, 9.17) is 21.1 Å². The van der Waals surface area contributed by atoms with Crippen LogP contribution in [0, 0.1) is 0 Å². The first-order chi connectivity index (χ1) is 7.17. The molecule has 0 bridgehead atoms. The molecule has 3 nitrogen and oxygen atoms in total. The predicted octanol–water partition coefficient (Wildman–Crippen LogP) is 2.30. The van der Waals surface area contributed by atoms with Crippen molar-refractivity contribution in [2.75, 3.05) is 21.3 Å². The molecule has 0 N–H and O–H groups in total. The molecule has 4 heteroatoms. The molecule has 0 radical (unpaired) electrons. The Morgan fingerprint density at radius 1 is 1.27 bits per heavy atom. The van der Waals surface area contributed by atoms with Gasteiger partial charge in [-0.3, -0.25) is 4.90 Å². The number of benzene rings is 1. The average Bonchev–Trinajstić information content (AvgIpc) is 2.59. The molecular formula is C11H14ClNO2.